The summed E-state index contributed by atoms with van der Waals surface area (Å²) in [7, 11) is 0. The zero-order chi connectivity index (χ0) is 8.55. The van der Waals surface area contributed by atoms with Crippen molar-refractivity contribution in [2.24, 2.45) is 0 Å². The smallest absolute Gasteiger partial charge is 0.177 e. The quantitative estimate of drug-likeness (QED) is 0.668. The number of halogens is 1. The molecule has 4 nitrogen and oxygen atoms in total. The molecule has 1 N–H and O–H groups in total. The molecule has 62 valence electrons. The van der Waals surface area contributed by atoms with Crippen LogP contribution >= 0.6 is 11.6 Å². The van der Waals surface area contributed by atoms with Crippen LogP contribution in [0, 0.1) is 0 Å². The molecule has 0 aliphatic carbocycles. The second kappa shape index (κ2) is 2.73. The molecule has 0 atom stereocenters. The number of hydrogen-bond donors (Lipinski definition) is 1. The molecule has 5 heteroatoms. The molecule has 2 rings (SSSR count). The first kappa shape index (κ1) is 7.52. The Labute approximate surface area is 73.4 Å². The van der Waals surface area contributed by atoms with Crippen molar-refractivity contribution in [3.8, 4) is 0 Å². The Morgan fingerprint density at radius 2 is 2.33 bits per heavy atom. The highest BCUT2D eigenvalue weighted by molar-refractivity contribution is 6.29. The van der Waals surface area contributed by atoms with Crippen molar-refractivity contribution in [2.45, 2.75) is 6.61 Å². The van der Waals surface area contributed by atoms with Crippen LogP contribution in [-0.2, 0) is 6.61 Å². The number of fused-ring (bicyclic) bond motifs is 1. The number of aliphatic hydroxyl groups excluding tert-OH is 1. The van der Waals surface area contributed by atoms with Gasteiger partial charge in [-0.2, -0.15) is 0 Å². The summed E-state index contributed by atoms with van der Waals surface area (Å²) in [6.07, 6.45) is 0. The van der Waals surface area contributed by atoms with Gasteiger partial charge in [0, 0.05) is 0 Å². The van der Waals surface area contributed by atoms with Gasteiger partial charge in [-0.25, -0.2) is 9.50 Å². The molecule has 0 fully saturated rings. The molecular weight excluding hydrogens is 178 g/mol. The number of aromatic nitrogens is 3. The van der Waals surface area contributed by atoms with Crippen molar-refractivity contribution < 1.29 is 5.11 Å². The molecule has 0 aromatic carbocycles. The summed E-state index contributed by atoms with van der Waals surface area (Å²) in [4.78, 5) is 4.01. The van der Waals surface area contributed by atoms with E-state index in [1.807, 2.05) is 0 Å². The van der Waals surface area contributed by atoms with Crippen LogP contribution in [0.3, 0.4) is 0 Å². The molecule has 2 aromatic heterocycles. The third kappa shape index (κ3) is 1.05. The van der Waals surface area contributed by atoms with Gasteiger partial charge in [0.05, 0.1) is 0 Å². The van der Waals surface area contributed by atoms with E-state index in [1.54, 1.807) is 18.2 Å². The van der Waals surface area contributed by atoms with E-state index in [1.165, 1.54) is 4.52 Å². The van der Waals surface area contributed by atoms with E-state index in [-0.39, 0.29) is 6.61 Å². The Morgan fingerprint density at radius 3 is 3.00 bits per heavy atom. The monoisotopic (exact) mass is 183 g/mol. The minimum atomic E-state index is -0.169. The predicted molar refractivity (Wildman–Crippen MR) is 43.9 cm³/mol. The lowest BCUT2D eigenvalue weighted by Crippen LogP contribution is -1.89. The fourth-order valence-corrected chi connectivity index (χ4v) is 1.18. The standard InChI is InChI=1S/C7H6ClN3O/c8-5-2-1-3-7-9-6(4-12)10-11(5)7/h1-3,12H,4H2. The van der Waals surface area contributed by atoms with Crippen molar-refractivity contribution in [3.63, 3.8) is 0 Å². The normalized spacial score (nSPS) is 10.8. The molecule has 12 heavy (non-hydrogen) atoms. The lowest BCUT2D eigenvalue weighted by atomic mass is 10.5. The molecule has 0 amide bonds. The number of aliphatic hydroxyl groups is 1. The SMILES string of the molecule is OCc1nc2cccc(Cl)n2n1. The molecule has 0 aliphatic heterocycles. The molecule has 0 bridgehead atoms. The molecule has 0 unspecified atom stereocenters. The van der Waals surface area contributed by atoms with E-state index < -0.39 is 0 Å². The summed E-state index contributed by atoms with van der Waals surface area (Å²) >= 11 is 5.81. The van der Waals surface area contributed by atoms with Crippen LogP contribution in [0.2, 0.25) is 5.15 Å². The van der Waals surface area contributed by atoms with Gasteiger partial charge in [-0.1, -0.05) is 17.7 Å². The predicted octanol–water partition coefficient (Wildman–Crippen LogP) is 0.875. The van der Waals surface area contributed by atoms with Crippen LogP contribution in [0.1, 0.15) is 5.82 Å². The first-order valence-electron chi connectivity index (χ1n) is 3.42. The molecule has 2 heterocycles. The lowest BCUT2D eigenvalue weighted by molar-refractivity contribution is 0.271. The summed E-state index contributed by atoms with van der Waals surface area (Å²) in [5, 5.41) is 13.2. The van der Waals surface area contributed by atoms with Crippen LogP contribution in [0.4, 0.5) is 0 Å². The van der Waals surface area contributed by atoms with E-state index in [0.717, 1.165) is 0 Å². The molecule has 2 aromatic rings. The van der Waals surface area contributed by atoms with Gasteiger partial charge in [0.15, 0.2) is 11.5 Å². The van der Waals surface area contributed by atoms with Gasteiger partial charge >= 0.3 is 0 Å². The van der Waals surface area contributed by atoms with Gasteiger partial charge in [0.2, 0.25) is 0 Å². The third-order valence-electron chi connectivity index (χ3n) is 1.50. The number of pyridine rings is 1. The highest BCUT2D eigenvalue weighted by atomic mass is 35.5. The van der Waals surface area contributed by atoms with Gasteiger partial charge in [0.1, 0.15) is 11.8 Å². The minimum absolute atomic E-state index is 0.169. The van der Waals surface area contributed by atoms with Crippen molar-refractivity contribution in [1.82, 2.24) is 14.6 Å². The Balaban J connectivity index is 2.74. The fourth-order valence-electron chi connectivity index (χ4n) is 0.985. The molecule has 0 spiro atoms. The number of hydrogen-bond acceptors (Lipinski definition) is 3. The van der Waals surface area contributed by atoms with E-state index in [9.17, 15) is 0 Å². The fraction of sp³-hybridized carbons (Fsp3) is 0.143. The van der Waals surface area contributed by atoms with E-state index in [4.69, 9.17) is 16.7 Å². The van der Waals surface area contributed by atoms with Crippen LogP contribution < -0.4 is 0 Å². The van der Waals surface area contributed by atoms with Gasteiger partial charge in [-0.3, -0.25) is 0 Å². The highest BCUT2D eigenvalue weighted by Crippen LogP contribution is 2.10. The zero-order valence-corrected chi connectivity index (χ0v) is 6.86. The maximum atomic E-state index is 8.75. The van der Waals surface area contributed by atoms with E-state index in [0.29, 0.717) is 16.6 Å². The van der Waals surface area contributed by atoms with Crippen molar-refractivity contribution >= 4 is 17.2 Å². The Kier molecular flexibility index (Phi) is 1.71. The molecule has 0 aliphatic rings. The Bertz CT molecular complexity index is 412. The first-order valence-corrected chi connectivity index (χ1v) is 3.80. The molecule has 0 saturated heterocycles. The number of nitrogens with zero attached hydrogens (tertiary/aromatic N) is 3. The van der Waals surface area contributed by atoms with Crippen LogP contribution in [0.25, 0.3) is 5.65 Å². The van der Waals surface area contributed by atoms with Crippen LogP contribution in [-0.4, -0.2) is 19.7 Å². The van der Waals surface area contributed by atoms with E-state index >= 15 is 0 Å². The van der Waals surface area contributed by atoms with Crippen LogP contribution in [0.15, 0.2) is 18.2 Å². The van der Waals surface area contributed by atoms with Crippen LogP contribution in [0.5, 0.6) is 0 Å². The molecule has 0 saturated carbocycles. The Hall–Kier alpha value is -1.13. The molecule has 0 radical (unpaired) electrons. The van der Waals surface area contributed by atoms with Gasteiger partial charge in [0.25, 0.3) is 0 Å². The summed E-state index contributed by atoms with van der Waals surface area (Å²) in [5.41, 5.74) is 0.645. The van der Waals surface area contributed by atoms with Gasteiger partial charge < -0.3 is 5.11 Å². The average molecular weight is 184 g/mol. The van der Waals surface area contributed by atoms with Crippen molar-refractivity contribution in [3.05, 3.63) is 29.2 Å². The third-order valence-corrected chi connectivity index (χ3v) is 1.78. The summed E-state index contributed by atoms with van der Waals surface area (Å²) in [6, 6.07) is 5.27. The second-order valence-corrected chi connectivity index (χ2v) is 2.69. The zero-order valence-electron chi connectivity index (χ0n) is 6.11. The van der Waals surface area contributed by atoms with Crippen molar-refractivity contribution in [1.29, 1.82) is 0 Å². The maximum Gasteiger partial charge on any atom is 0.177 e. The molecular formula is C7H6ClN3O. The van der Waals surface area contributed by atoms with Crippen molar-refractivity contribution in [2.75, 3.05) is 0 Å². The lowest BCUT2D eigenvalue weighted by Gasteiger charge is -1.91. The highest BCUT2D eigenvalue weighted by Gasteiger charge is 2.03. The topological polar surface area (TPSA) is 50.4 Å². The van der Waals surface area contributed by atoms with Gasteiger partial charge in [-0.05, 0) is 12.1 Å². The summed E-state index contributed by atoms with van der Waals surface area (Å²) < 4.78 is 1.48. The maximum absolute atomic E-state index is 8.75. The number of rotatable bonds is 1. The minimum Gasteiger partial charge on any atom is -0.388 e. The largest absolute Gasteiger partial charge is 0.388 e. The van der Waals surface area contributed by atoms with Gasteiger partial charge in [-0.15, -0.1) is 5.10 Å². The average Bonchev–Trinajstić information content (AvgIpc) is 2.49. The second-order valence-electron chi connectivity index (χ2n) is 2.30. The summed E-state index contributed by atoms with van der Waals surface area (Å²) in [5.74, 6) is 0.378. The summed E-state index contributed by atoms with van der Waals surface area (Å²) in [6.45, 7) is -0.169. The Morgan fingerprint density at radius 1 is 1.50 bits per heavy atom. The van der Waals surface area contributed by atoms with E-state index in [2.05, 4.69) is 10.1 Å². The first-order chi connectivity index (χ1) is 5.81.